The van der Waals surface area contributed by atoms with Crippen LogP contribution in [-0.2, 0) is 34.3 Å². The molecule has 0 radical (unpaired) electrons. The van der Waals surface area contributed by atoms with Crippen LogP contribution in [0.1, 0.15) is 26.4 Å². The van der Waals surface area contributed by atoms with E-state index in [2.05, 4.69) is 20.2 Å². The van der Waals surface area contributed by atoms with Crippen LogP contribution >= 0.6 is 11.3 Å². The van der Waals surface area contributed by atoms with Crippen LogP contribution in [0.15, 0.2) is 10.5 Å². The third kappa shape index (κ3) is 7.26. The third-order valence-electron chi connectivity index (χ3n) is 5.13. The Balaban J connectivity index is 0.00000342. The summed E-state index contributed by atoms with van der Waals surface area (Å²) >= 11 is 0.984. The number of hydrogen-bond acceptors (Lipinski definition) is 12. The first-order chi connectivity index (χ1) is 16.5. The summed E-state index contributed by atoms with van der Waals surface area (Å²) in [7, 11) is -5.01. The molecule has 6 N–H and O–H groups in total. The zero-order chi connectivity index (χ0) is 25.8. The van der Waals surface area contributed by atoms with Gasteiger partial charge in [0.25, 0.3) is 17.7 Å². The number of ether oxygens (including phenoxy) is 1. The zero-order valence-electron chi connectivity index (χ0n) is 20.2. The number of likely N-dealkylation sites (tertiary alicyclic amines) is 1. The number of hydrogen-bond donors (Lipinski definition) is 4. The molecule has 1 aromatic rings. The van der Waals surface area contributed by atoms with Crippen molar-refractivity contribution in [3.05, 3.63) is 11.1 Å². The van der Waals surface area contributed by atoms with Gasteiger partial charge in [-0.2, -0.15) is 8.42 Å². The van der Waals surface area contributed by atoms with Gasteiger partial charge in [0.1, 0.15) is 24.4 Å². The molecule has 2 saturated heterocycles. The van der Waals surface area contributed by atoms with Gasteiger partial charge in [0.05, 0.1) is 0 Å². The summed E-state index contributed by atoms with van der Waals surface area (Å²) in [6.45, 7) is -0.0114. The molecule has 0 bridgehead atoms. The normalized spacial score (nSPS) is 20.1. The summed E-state index contributed by atoms with van der Waals surface area (Å²) in [4.78, 5) is 59.0. The van der Waals surface area contributed by atoms with Crippen molar-refractivity contribution in [1.82, 2.24) is 19.5 Å². The Kier molecular flexibility index (Phi) is 10.4. The zero-order valence-corrected chi connectivity index (χ0v) is 22.8. The summed E-state index contributed by atoms with van der Waals surface area (Å²) in [5.41, 5.74) is 10.0. The van der Waals surface area contributed by atoms with E-state index in [4.69, 9.17) is 16.3 Å². The number of nitrogen functional groups attached to an aromatic ring is 1. The molecule has 4 amide bonds. The minimum absolute atomic E-state index is 0. The molecule has 19 heteroatoms. The minimum Gasteiger partial charge on any atom is -1.00 e. The predicted molar refractivity (Wildman–Crippen MR) is 120 cm³/mol. The summed E-state index contributed by atoms with van der Waals surface area (Å²) in [6.07, 6.45) is 1.50. The number of β-lactam (4-membered cyclic amide) rings is 1. The van der Waals surface area contributed by atoms with Crippen LogP contribution in [0.4, 0.5) is 9.93 Å². The number of nitrogens with two attached hydrogens (primary N) is 2. The SMILES string of the molecule is NC(=O)OC[C@@H]1[C@H](NC(=O)C(=NOCC(=O)N2CCCCC2)c2csc(N)n2)C(=O)N1S(=O)(=O)O.[H-].[Na+]. The smallest absolute Gasteiger partial charge is 1.00 e. The minimum atomic E-state index is -5.01. The van der Waals surface area contributed by atoms with E-state index in [0.717, 1.165) is 30.6 Å². The molecule has 0 aromatic carbocycles. The van der Waals surface area contributed by atoms with Gasteiger partial charge in [-0.3, -0.25) is 18.9 Å². The van der Waals surface area contributed by atoms with Gasteiger partial charge in [-0.05, 0) is 19.3 Å². The van der Waals surface area contributed by atoms with Gasteiger partial charge in [0.2, 0.25) is 0 Å². The van der Waals surface area contributed by atoms with Crippen molar-refractivity contribution >= 4 is 56.3 Å². The molecule has 36 heavy (non-hydrogen) atoms. The van der Waals surface area contributed by atoms with Gasteiger partial charge >= 0.3 is 46.0 Å². The van der Waals surface area contributed by atoms with Crippen LogP contribution in [0, 0.1) is 0 Å². The fourth-order valence-electron chi connectivity index (χ4n) is 3.49. The van der Waals surface area contributed by atoms with Crippen molar-refractivity contribution in [2.75, 3.05) is 32.0 Å². The second kappa shape index (κ2) is 12.6. The van der Waals surface area contributed by atoms with Crippen molar-refractivity contribution in [2.45, 2.75) is 31.3 Å². The molecule has 0 aliphatic carbocycles. The number of nitrogens with one attached hydrogen (secondary N) is 1. The topological polar surface area (TPSA) is 237 Å². The molecule has 1 aromatic heterocycles. The van der Waals surface area contributed by atoms with Gasteiger partial charge < -0.3 is 32.7 Å². The maximum absolute atomic E-state index is 12.9. The van der Waals surface area contributed by atoms with Crippen LogP contribution in [0.3, 0.4) is 0 Å². The second-order valence-electron chi connectivity index (χ2n) is 7.49. The largest absolute Gasteiger partial charge is 1.00 e. The number of anilines is 1. The number of nitrogens with zero attached hydrogens (tertiary/aromatic N) is 4. The summed E-state index contributed by atoms with van der Waals surface area (Å²) in [5, 5.41) is 7.40. The molecule has 0 spiro atoms. The molecule has 2 aliphatic rings. The van der Waals surface area contributed by atoms with Crippen molar-refractivity contribution in [1.29, 1.82) is 0 Å². The maximum Gasteiger partial charge on any atom is 1.00 e. The van der Waals surface area contributed by atoms with Crippen LogP contribution in [0.5, 0.6) is 0 Å². The summed E-state index contributed by atoms with van der Waals surface area (Å²) < 4.78 is 36.8. The van der Waals surface area contributed by atoms with Gasteiger partial charge in [-0.25, -0.2) is 14.1 Å². The molecule has 3 heterocycles. The number of aromatic nitrogens is 1. The van der Waals surface area contributed by atoms with Crippen LogP contribution < -0.4 is 46.3 Å². The molecule has 2 fully saturated rings. The fourth-order valence-corrected chi connectivity index (χ4v) is 4.90. The fraction of sp³-hybridized carbons (Fsp3) is 0.529. The van der Waals surface area contributed by atoms with Gasteiger partial charge in [-0.15, -0.1) is 11.3 Å². The van der Waals surface area contributed by atoms with Crippen molar-refractivity contribution in [2.24, 2.45) is 10.9 Å². The standard InChI is InChI=1S/C17H23N7O9S2.Na.H/c18-16-20-9(8-34-16)12(22-33-7-11(25)23-4-2-1-3-5-23)14(26)21-13-10(6-32-17(19)28)24(15(13)27)35(29,30)31;;/h8,10,13H,1-7H2,(H2,18,20)(H2,19,28)(H,21,26)(H,29,30,31);;/q;+1;-1/t10-,13+;;/m1../s1. The van der Waals surface area contributed by atoms with Crippen molar-refractivity contribution in [3.63, 3.8) is 0 Å². The number of thiazole rings is 1. The Hall–Kier alpha value is -2.51. The van der Waals surface area contributed by atoms with E-state index in [1.807, 2.05) is 0 Å². The average molecular weight is 558 g/mol. The van der Waals surface area contributed by atoms with Gasteiger partial charge in [0.15, 0.2) is 17.5 Å². The van der Waals surface area contributed by atoms with Crippen LogP contribution in [0.25, 0.3) is 0 Å². The van der Waals surface area contributed by atoms with Crippen LogP contribution in [0.2, 0.25) is 0 Å². The second-order valence-corrected chi connectivity index (χ2v) is 9.66. The Morgan fingerprint density at radius 3 is 2.53 bits per heavy atom. The average Bonchev–Trinajstić information content (AvgIpc) is 3.22. The number of carbonyl (C=O) groups excluding carboxylic acids is 4. The van der Waals surface area contributed by atoms with E-state index in [0.29, 0.717) is 13.1 Å². The Labute approximate surface area is 233 Å². The number of oxime groups is 1. The van der Waals surface area contributed by atoms with E-state index < -0.39 is 59.2 Å². The molecule has 0 saturated carbocycles. The summed E-state index contributed by atoms with van der Waals surface area (Å²) in [6, 6.07) is -3.00. The number of rotatable bonds is 9. The quantitative estimate of drug-likeness (QED) is 0.0738. The number of piperidine rings is 1. The third-order valence-corrected chi connectivity index (χ3v) is 6.75. The molecule has 3 rings (SSSR count). The van der Waals surface area contributed by atoms with E-state index in [1.54, 1.807) is 4.90 Å². The molecule has 0 unspecified atom stereocenters. The van der Waals surface area contributed by atoms with E-state index in [-0.39, 0.29) is 52.0 Å². The Morgan fingerprint density at radius 1 is 1.31 bits per heavy atom. The maximum atomic E-state index is 12.9. The number of carbonyl (C=O) groups is 4. The predicted octanol–water partition coefficient (Wildman–Crippen LogP) is -4.83. The van der Waals surface area contributed by atoms with Gasteiger partial charge in [-0.1, -0.05) is 5.16 Å². The molecule has 2 aliphatic heterocycles. The molecule has 194 valence electrons. The van der Waals surface area contributed by atoms with Crippen molar-refractivity contribution < 1.29 is 72.7 Å². The van der Waals surface area contributed by atoms with E-state index in [1.165, 1.54) is 5.38 Å². The molecular weight excluding hydrogens is 533 g/mol. The van der Waals surface area contributed by atoms with E-state index >= 15 is 0 Å². The molecular formula is C17H24N7NaO9S2. The Morgan fingerprint density at radius 2 is 1.97 bits per heavy atom. The van der Waals surface area contributed by atoms with Crippen LogP contribution in [-0.4, -0.2) is 95.1 Å². The first-order valence-electron chi connectivity index (χ1n) is 10.2. The first kappa shape index (κ1) is 29.7. The molecule has 2 atom stereocenters. The number of primary amides is 1. The Bertz CT molecular complexity index is 1140. The van der Waals surface area contributed by atoms with Gasteiger partial charge in [0, 0.05) is 18.5 Å². The van der Waals surface area contributed by atoms with E-state index in [9.17, 15) is 32.1 Å². The first-order valence-corrected chi connectivity index (χ1v) is 12.5. The molecule has 16 nitrogen and oxygen atoms in total. The number of amides is 4. The van der Waals surface area contributed by atoms with Crippen molar-refractivity contribution in [3.8, 4) is 0 Å². The summed E-state index contributed by atoms with van der Waals surface area (Å²) in [5.74, 6) is -2.55. The monoisotopic (exact) mass is 557 g/mol.